The van der Waals surface area contributed by atoms with Gasteiger partial charge in [-0.1, -0.05) is 6.08 Å². The van der Waals surface area contributed by atoms with Gasteiger partial charge < -0.3 is 23.9 Å². The molecule has 0 aromatic heterocycles. The molecular weight excluding hydrogens is 355 g/mol. The minimum Gasteiger partial charge on any atom is -0.496 e. The summed E-state index contributed by atoms with van der Waals surface area (Å²) in [5, 5.41) is 9.25. The number of ether oxygens (including phenoxy) is 2. The summed E-state index contributed by atoms with van der Waals surface area (Å²) in [6, 6.07) is 2.91. The predicted octanol–water partition coefficient (Wildman–Crippen LogP) is 3.35. The number of carboxylic acids is 1. The smallest absolute Gasteiger partial charge is 0.491 e. The zero-order valence-corrected chi connectivity index (χ0v) is 16.8. The van der Waals surface area contributed by atoms with Gasteiger partial charge >= 0.3 is 13.1 Å². The van der Waals surface area contributed by atoms with E-state index < -0.39 is 24.3 Å². The fraction of sp³-hybridized carbons (Fsp3) is 0.500. The first-order chi connectivity index (χ1) is 12.1. The quantitative estimate of drug-likeness (QED) is 0.583. The van der Waals surface area contributed by atoms with Crippen molar-refractivity contribution in [2.75, 3.05) is 20.0 Å². The number of hydrogen-bond donors (Lipinski definition) is 2. The second-order valence-electron chi connectivity index (χ2n) is 7.07. The molecule has 0 atom stereocenters. The lowest BCUT2D eigenvalue weighted by Gasteiger charge is -2.32. The van der Waals surface area contributed by atoms with Crippen molar-refractivity contribution in [3.8, 4) is 11.5 Å². The highest BCUT2D eigenvalue weighted by Crippen LogP contribution is 2.40. The molecule has 0 aliphatic carbocycles. The van der Waals surface area contributed by atoms with Crippen LogP contribution in [0.4, 0.5) is 0 Å². The Kier molecular flexibility index (Phi) is 6.00. The van der Waals surface area contributed by atoms with Crippen molar-refractivity contribution in [3.05, 3.63) is 28.7 Å². The molecule has 0 spiro atoms. The second kappa shape index (κ2) is 7.54. The Morgan fingerprint density at radius 1 is 1.15 bits per heavy atom. The fourth-order valence-electron chi connectivity index (χ4n) is 2.57. The summed E-state index contributed by atoms with van der Waals surface area (Å²) in [5.74, 6) is 0.108. The van der Waals surface area contributed by atoms with Crippen molar-refractivity contribution in [2.45, 2.75) is 38.9 Å². The van der Waals surface area contributed by atoms with Gasteiger partial charge in [-0.2, -0.15) is 12.6 Å². The number of thiol groups is 1. The van der Waals surface area contributed by atoms with Crippen LogP contribution < -0.4 is 9.47 Å². The van der Waals surface area contributed by atoms with E-state index >= 15 is 0 Å². The number of benzene rings is 1. The van der Waals surface area contributed by atoms with Gasteiger partial charge in [0.25, 0.3) is 0 Å². The van der Waals surface area contributed by atoms with Crippen LogP contribution in [0.25, 0.3) is 6.08 Å². The molecule has 0 radical (unpaired) electrons. The third kappa shape index (κ3) is 3.87. The highest BCUT2D eigenvalue weighted by Gasteiger charge is 2.52. The molecule has 1 saturated heterocycles. The minimum atomic E-state index is -1.06. The van der Waals surface area contributed by atoms with E-state index in [0.29, 0.717) is 22.8 Å². The van der Waals surface area contributed by atoms with Crippen LogP contribution in [0.1, 0.15) is 43.6 Å². The van der Waals surface area contributed by atoms with E-state index in [0.717, 1.165) is 5.47 Å². The molecule has 0 amide bonds. The van der Waals surface area contributed by atoms with Crippen molar-refractivity contribution >= 4 is 31.8 Å². The van der Waals surface area contributed by atoms with Crippen molar-refractivity contribution in [2.24, 2.45) is 0 Å². The SMILES string of the molecule is COc1cc(C(=O)O)cc(OC)c1C=C(CS)B1OC(C)(C)C(C)(C)O1. The van der Waals surface area contributed by atoms with Crippen LogP contribution in [0.2, 0.25) is 0 Å². The van der Waals surface area contributed by atoms with Gasteiger partial charge in [-0.15, -0.1) is 0 Å². The summed E-state index contributed by atoms with van der Waals surface area (Å²) in [7, 11) is 2.39. The Hall–Kier alpha value is -1.64. The molecule has 1 aromatic carbocycles. The van der Waals surface area contributed by atoms with Gasteiger partial charge in [0.1, 0.15) is 11.5 Å². The highest BCUT2D eigenvalue weighted by molar-refractivity contribution is 7.80. The molecule has 0 saturated carbocycles. The first kappa shape index (κ1) is 20.7. The van der Waals surface area contributed by atoms with Crippen LogP contribution in [-0.4, -0.2) is 49.4 Å². The van der Waals surface area contributed by atoms with Crippen LogP contribution in [-0.2, 0) is 9.31 Å². The van der Waals surface area contributed by atoms with E-state index in [1.165, 1.54) is 26.4 Å². The molecule has 1 aliphatic heterocycles. The summed E-state index contributed by atoms with van der Waals surface area (Å²) in [6.07, 6.45) is 1.82. The van der Waals surface area contributed by atoms with Crippen LogP contribution in [0.3, 0.4) is 0 Å². The van der Waals surface area contributed by atoms with Crippen LogP contribution in [0, 0.1) is 0 Å². The number of carbonyl (C=O) groups is 1. The maximum Gasteiger partial charge on any atom is 0.491 e. The number of hydrogen-bond acceptors (Lipinski definition) is 6. The maximum atomic E-state index is 11.3. The summed E-state index contributed by atoms with van der Waals surface area (Å²) < 4.78 is 22.9. The van der Waals surface area contributed by atoms with Crippen molar-refractivity contribution in [1.82, 2.24) is 0 Å². The zero-order chi connectivity index (χ0) is 19.7. The molecule has 1 heterocycles. The Morgan fingerprint density at radius 3 is 1.96 bits per heavy atom. The number of methoxy groups -OCH3 is 2. The van der Waals surface area contributed by atoms with E-state index in [4.69, 9.17) is 18.8 Å². The van der Waals surface area contributed by atoms with Gasteiger partial charge in [-0.25, -0.2) is 4.79 Å². The van der Waals surface area contributed by atoms with E-state index in [1.54, 1.807) is 0 Å². The van der Waals surface area contributed by atoms with Crippen LogP contribution in [0.5, 0.6) is 11.5 Å². The lowest BCUT2D eigenvalue weighted by molar-refractivity contribution is 0.00578. The molecule has 142 valence electrons. The average Bonchev–Trinajstić information content (AvgIpc) is 2.79. The number of carboxylic acid groups (broad SMARTS) is 1. The summed E-state index contributed by atoms with van der Waals surface area (Å²) >= 11 is 4.41. The predicted molar refractivity (Wildman–Crippen MR) is 104 cm³/mol. The van der Waals surface area contributed by atoms with Gasteiger partial charge in [-0.3, -0.25) is 0 Å². The lowest BCUT2D eigenvalue weighted by atomic mass is 9.78. The molecule has 0 unspecified atom stereocenters. The second-order valence-corrected chi connectivity index (χ2v) is 7.38. The topological polar surface area (TPSA) is 74.2 Å². The molecule has 0 bridgehead atoms. The molecule has 2 rings (SSSR count). The summed E-state index contributed by atoms with van der Waals surface area (Å²) in [5.41, 5.74) is 0.534. The summed E-state index contributed by atoms with van der Waals surface area (Å²) in [4.78, 5) is 11.3. The monoisotopic (exact) mass is 380 g/mol. The fourth-order valence-corrected chi connectivity index (χ4v) is 2.81. The van der Waals surface area contributed by atoms with Crippen molar-refractivity contribution in [3.63, 3.8) is 0 Å². The first-order valence-electron chi connectivity index (χ1n) is 8.22. The zero-order valence-electron chi connectivity index (χ0n) is 16.0. The average molecular weight is 380 g/mol. The molecule has 1 aromatic rings. The number of rotatable bonds is 6. The molecule has 6 nitrogen and oxygen atoms in total. The minimum absolute atomic E-state index is 0.0823. The standard InChI is InChI=1S/C18H25BO6S/c1-17(2)18(3,4)25-19(24-17)12(10-26)9-13-14(22-5)7-11(16(20)21)8-15(13)23-6/h7-9,26H,10H2,1-6H3,(H,20,21). The van der Waals surface area contributed by atoms with Crippen molar-refractivity contribution in [1.29, 1.82) is 0 Å². The highest BCUT2D eigenvalue weighted by atomic mass is 32.1. The first-order valence-corrected chi connectivity index (χ1v) is 8.86. The van der Waals surface area contributed by atoms with E-state index in [-0.39, 0.29) is 5.56 Å². The molecule has 8 heteroatoms. The molecular formula is C18H25BO6S. The van der Waals surface area contributed by atoms with E-state index in [2.05, 4.69) is 12.6 Å². The van der Waals surface area contributed by atoms with Crippen LogP contribution >= 0.6 is 12.6 Å². The van der Waals surface area contributed by atoms with E-state index in [9.17, 15) is 9.90 Å². The van der Waals surface area contributed by atoms with Gasteiger partial charge in [0.2, 0.25) is 0 Å². The van der Waals surface area contributed by atoms with Crippen molar-refractivity contribution < 1.29 is 28.7 Å². The third-order valence-electron chi connectivity index (χ3n) is 4.86. The molecule has 26 heavy (non-hydrogen) atoms. The van der Waals surface area contributed by atoms with E-state index in [1.807, 2.05) is 33.8 Å². The van der Waals surface area contributed by atoms with Gasteiger partial charge in [0.15, 0.2) is 0 Å². The Labute approximate surface area is 160 Å². The largest absolute Gasteiger partial charge is 0.496 e. The van der Waals surface area contributed by atoms with Gasteiger partial charge in [0, 0.05) is 5.75 Å². The number of aromatic carboxylic acids is 1. The Balaban J connectivity index is 2.51. The Morgan fingerprint density at radius 2 is 1.62 bits per heavy atom. The molecule has 1 fully saturated rings. The maximum absolute atomic E-state index is 11.3. The van der Waals surface area contributed by atoms with Gasteiger partial charge in [-0.05, 0) is 45.3 Å². The summed E-state index contributed by atoms with van der Waals surface area (Å²) in [6.45, 7) is 7.91. The van der Waals surface area contributed by atoms with Gasteiger partial charge in [0.05, 0.1) is 36.5 Å². The Bertz CT molecular complexity index is 687. The lowest BCUT2D eigenvalue weighted by Crippen LogP contribution is -2.41. The molecule has 1 N–H and O–H groups in total. The molecule has 1 aliphatic rings. The van der Waals surface area contributed by atoms with Crippen LogP contribution in [0.15, 0.2) is 17.6 Å². The normalized spacial score (nSPS) is 18.7. The third-order valence-corrected chi connectivity index (χ3v) is 5.22.